The quantitative estimate of drug-likeness (QED) is 0.345. The van der Waals surface area contributed by atoms with E-state index in [4.69, 9.17) is 30.8 Å². The molecule has 0 aliphatic carbocycles. The monoisotopic (exact) mass is 275 g/mol. The zero-order valence-corrected chi connectivity index (χ0v) is 15.3. The number of hydrogen-bond donors (Lipinski definition) is 3. The van der Waals surface area contributed by atoms with Gasteiger partial charge in [0.25, 0.3) is 0 Å². The van der Waals surface area contributed by atoms with Crippen LogP contribution in [0.4, 0.5) is 10.5 Å². The van der Waals surface area contributed by atoms with E-state index in [-0.39, 0.29) is 103 Å². The maximum atomic E-state index is 8.68. The minimum atomic E-state index is -2.33. The van der Waals surface area contributed by atoms with E-state index in [1.54, 1.807) is 24.3 Å². The maximum Gasteiger partial charge on any atom is 1.00 e. The molecule has 0 unspecified atom stereocenters. The van der Waals surface area contributed by atoms with Gasteiger partial charge in [-0.1, -0.05) is 18.2 Å². The molecule has 0 saturated heterocycles. The zero-order valence-electron chi connectivity index (χ0n) is 9.08. The Balaban J connectivity index is -0.000000249. The molecule has 0 aliphatic rings. The molecule has 4 N–H and O–H groups in total. The van der Waals surface area contributed by atoms with E-state index in [1.165, 1.54) is 0 Å². The average molecular weight is 275 g/mol. The van der Waals surface area contributed by atoms with Crippen molar-refractivity contribution in [3.05, 3.63) is 24.3 Å². The van der Waals surface area contributed by atoms with Crippen molar-refractivity contribution in [2.75, 3.05) is 5.73 Å². The predicted octanol–water partition coefficient (Wildman–Crippen LogP) is -9.49. The van der Waals surface area contributed by atoms with Crippen LogP contribution in [-0.4, -0.2) is 23.3 Å². The number of nitrogens with two attached hydrogens (primary N) is 1. The van der Waals surface area contributed by atoms with E-state index in [0.717, 1.165) is 0 Å². The molecular weight excluding hydrogens is 267 g/mol. The van der Waals surface area contributed by atoms with Crippen LogP contribution in [0.1, 0.15) is 0 Å². The van der Waals surface area contributed by atoms with Crippen LogP contribution in [0, 0.1) is 0 Å². The molecule has 0 aliphatic heterocycles. The Morgan fingerprint density at radius 2 is 1.56 bits per heavy atom. The molecule has 1 rings (SSSR count). The van der Waals surface area contributed by atoms with E-state index < -0.39 is 13.3 Å². The Morgan fingerprint density at radius 1 is 1.19 bits per heavy atom. The summed E-state index contributed by atoms with van der Waals surface area (Å²) < 4.78 is 0. The zero-order chi connectivity index (χ0) is 11.1. The standard InChI is InChI=1S/C6H8BNO2.CH2O3.2K/c8-6-4-2-1-3-5(6)7(9)10;2-1(3)4;;/h1-4,9-10H,8H2;(H2,2,3,4);;/q;;2*+1/p-2. The van der Waals surface area contributed by atoms with Gasteiger partial charge in [-0.05, 0) is 12.2 Å². The first-order valence-corrected chi connectivity index (χ1v) is 3.53. The largest absolute Gasteiger partial charge is 1.00 e. The van der Waals surface area contributed by atoms with Crippen molar-refractivity contribution in [1.82, 2.24) is 0 Å². The van der Waals surface area contributed by atoms with Crippen LogP contribution in [0.5, 0.6) is 0 Å². The molecule has 0 radical (unpaired) electrons. The van der Waals surface area contributed by atoms with Crippen molar-refractivity contribution in [1.29, 1.82) is 0 Å². The van der Waals surface area contributed by atoms with Crippen molar-refractivity contribution in [2.45, 2.75) is 0 Å². The van der Waals surface area contributed by atoms with Gasteiger partial charge in [0.2, 0.25) is 0 Å². The number of anilines is 1. The number of para-hydroxylation sites is 1. The van der Waals surface area contributed by atoms with Crippen molar-refractivity contribution in [3.63, 3.8) is 0 Å². The van der Waals surface area contributed by atoms with Gasteiger partial charge in [-0.15, -0.1) is 0 Å². The van der Waals surface area contributed by atoms with Crippen molar-refractivity contribution >= 4 is 24.4 Å². The molecule has 6 nitrogen and oxygen atoms in total. The number of carbonyl (C=O) groups is 1. The smallest absolute Gasteiger partial charge is 0.652 e. The van der Waals surface area contributed by atoms with Gasteiger partial charge in [-0.25, -0.2) is 0 Å². The third-order valence-electron chi connectivity index (χ3n) is 1.27. The third-order valence-corrected chi connectivity index (χ3v) is 1.27. The molecule has 0 atom stereocenters. The summed E-state index contributed by atoms with van der Waals surface area (Å²) in [6.07, 6.45) is -2.33. The number of carboxylic acid groups (broad SMARTS) is 2. The molecule has 0 spiro atoms. The molecule has 1 aromatic rings. The van der Waals surface area contributed by atoms with Crippen LogP contribution < -0.4 is 124 Å². The van der Waals surface area contributed by atoms with E-state index in [1.807, 2.05) is 0 Å². The summed E-state index contributed by atoms with van der Waals surface area (Å²) >= 11 is 0. The second-order valence-corrected chi connectivity index (χ2v) is 2.25. The number of hydrogen-bond acceptors (Lipinski definition) is 6. The number of benzene rings is 1. The van der Waals surface area contributed by atoms with Crippen molar-refractivity contribution < 1.29 is 128 Å². The fourth-order valence-electron chi connectivity index (χ4n) is 0.746. The summed E-state index contributed by atoms with van der Waals surface area (Å²) in [5.41, 5.74) is 6.15. The second kappa shape index (κ2) is 13.0. The van der Waals surface area contributed by atoms with Gasteiger partial charge < -0.3 is 30.8 Å². The SMILES string of the molecule is Nc1ccccc1B(O)O.O=C([O-])[O-].[K+].[K+]. The van der Waals surface area contributed by atoms with E-state index >= 15 is 0 Å². The molecule has 16 heavy (non-hydrogen) atoms. The first-order chi connectivity index (χ1) is 6.45. The van der Waals surface area contributed by atoms with Gasteiger partial charge >= 0.3 is 110 Å². The fourth-order valence-corrected chi connectivity index (χ4v) is 0.746. The molecule has 0 aromatic heterocycles. The first kappa shape index (κ1) is 22.7. The van der Waals surface area contributed by atoms with Gasteiger partial charge in [-0.2, -0.15) is 0 Å². The Morgan fingerprint density at radius 3 is 1.81 bits per heavy atom. The maximum absolute atomic E-state index is 8.68. The Hall–Kier alpha value is 1.55. The Kier molecular flexibility index (Phi) is 18.4. The molecule has 76 valence electrons. The number of nitrogen functional groups attached to an aromatic ring is 1. The number of carbonyl (C=O) groups excluding carboxylic acids is 1. The summed E-state index contributed by atoms with van der Waals surface area (Å²) in [6.45, 7) is 0. The summed E-state index contributed by atoms with van der Waals surface area (Å²) in [5.74, 6) is 0. The molecular formula is C7H8BK2NO5. The summed E-state index contributed by atoms with van der Waals surface area (Å²) in [5, 5.41) is 34.0. The molecule has 0 bridgehead atoms. The van der Waals surface area contributed by atoms with E-state index in [0.29, 0.717) is 11.2 Å². The first-order valence-electron chi connectivity index (χ1n) is 3.53. The predicted molar refractivity (Wildman–Crippen MR) is 46.1 cm³/mol. The molecule has 1 aromatic carbocycles. The van der Waals surface area contributed by atoms with E-state index in [2.05, 4.69) is 0 Å². The third kappa shape index (κ3) is 12.0. The second-order valence-electron chi connectivity index (χ2n) is 2.25. The van der Waals surface area contributed by atoms with Gasteiger partial charge in [0.05, 0.1) is 0 Å². The van der Waals surface area contributed by atoms with Gasteiger partial charge in [0, 0.05) is 11.2 Å². The van der Waals surface area contributed by atoms with Crippen LogP contribution >= 0.6 is 0 Å². The average Bonchev–Trinajstić information content (AvgIpc) is 2.03. The van der Waals surface area contributed by atoms with Crippen LogP contribution in [-0.2, 0) is 0 Å². The minimum Gasteiger partial charge on any atom is -0.652 e. The summed E-state index contributed by atoms with van der Waals surface area (Å²) in [7, 11) is -1.47. The summed E-state index contributed by atoms with van der Waals surface area (Å²) in [4.78, 5) is 8.33. The Labute approximate surface area is 178 Å². The molecule has 0 fully saturated rings. The molecule has 0 saturated carbocycles. The molecule has 0 amide bonds. The normalized spacial score (nSPS) is 7.38. The minimum absolute atomic E-state index is 0. The van der Waals surface area contributed by atoms with E-state index in [9.17, 15) is 0 Å². The molecule has 0 heterocycles. The fraction of sp³-hybridized carbons (Fsp3) is 0. The van der Waals surface area contributed by atoms with Crippen molar-refractivity contribution in [3.8, 4) is 0 Å². The number of rotatable bonds is 1. The topological polar surface area (TPSA) is 130 Å². The van der Waals surface area contributed by atoms with Crippen LogP contribution in [0.15, 0.2) is 24.3 Å². The Bertz CT molecular complexity index is 309. The van der Waals surface area contributed by atoms with Gasteiger partial charge in [0.1, 0.15) is 0 Å². The van der Waals surface area contributed by atoms with Crippen LogP contribution in [0.2, 0.25) is 0 Å². The van der Waals surface area contributed by atoms with Gasteiger partial charge in [-0.3, -0.25) is 0 Å². The summed E-state index contributed by atoms with van der Waals surface area (Å²) in [6, 6.07) is 6.63. The van der Waals surface area contributed by atoms with Crippen molar-refractivity contribution in [2.24, 2.45) is 0 Å². The van der Waals surface area contributed by atoms with Crippen LogP contribution in [0.3, 0.4) is 0 Å². The molecule has 9 heteroatoms. The van der Waals surface area contributed by atoms with Gasteiger partial charge in [0.15, 0.2) is 0 Å². The van der Waals surface area contributed by atoms with Crippen LogP contribution in [0.25, 0.3) is 0 Å².